The zero-order chi connectivity index (χ0) is 13.1. The second-order valence-electron chi connectivity index (χ2n) is 4.97. The molecule has 4 heteroatoms. The highest BCUT2D eigenvalue weighted by Crippen LogP contribution is 2.17. The van der Waals surface area contributed by atoms with E-state index in [2.05, 4.69) is 48.2 Å². The molecule has 0 aliphatic rings. The van der Waals surface area contributed by atoms with E-state index in [1.807, 2.05) is 7.05 Å². The van der Waals surface area contributed by atoms with Gasteiger partial charge >= 0.3 is 0 Å². The first-order valence-electron chi connectivity index (χ1n) is 6.29. The highest BCUT2D eigenvalue weighted by atomic mass is 15.3. The molecule has 0 amide bonds. The molecule has 1 aromatic carbocycles. The Balaban J connectivity index is 2.22. The molecule has 0 saturated carbocycles. The zero-order valence-electron chi connectivity index (χ0n) is 11.2. The van der Waals surface area contributed by atoms with E-state index in [0.29, 0.717) is 12.5 Å². The summed E-state index contributed by atoms with van der Waals surface area (Å²) in [5.41, 5.74) is 7.99. The quantitative estimate of drug-likeness (QED) is 0.896. The first-order chi connectivity index (χ1) is 8.60. The first-order valence-corrected chi connectivity index (χ1v) is 6.29. The lowest BCUT2D eigenvalue weighted by Gasteiger charge is -2.04. The van der Waals surface area contributed by atoms with Crippen molar-refractivity contribution in [1.29, 1.82) is 0 Å². The Kier molecular flexibility index (Phi) is 3.77. The van der Waals surface area contributed by atoms with E-state index >= 15 is 0 Å². The fourth-order valence-corrected chi connectivity index (χ4v) is 1.98. The van der Waals surface area contributed by atoms with Crippen LogP contribution in [0.1, 0.15) is 25.2 Å². The molecule has 0 bridgehead atoms. The number of nitrogens with two attached hydrogens (primary N) is 1. The maximum absolute atomic E-state index is 5.60. The molecule has 0 aliphatic heterocycles. The smallest absolute Gasteiger partial charge is 0.181 e. The van der Waals surface area contributed by atoms with Gasteiger partial charge in [0.15, 0.2) is 5.82 Å². The van der Waals surface area contributed by atoms with Gasteiger partial charge in [-0.3, -0.25) is 4.68 Å². The van der Waals surface area contributed by atoms with Gasteiger partial charge in [0, 0.05) is 12.6 Å². The van der Waals surface area contributed by atoms with Crippen molar-refractivity contribution in [2.75, 3.05) is 0 Å². The molecule has 0 fully saturated rings. The van der Waals surface area contributed by atoms with Crippen LogP contribution in [0, 0.1) is 5.92 Å². The predicted molar refractivity (Wildman–Crippen MR) is 72.9 cm³/mol. The van der Waals surface area contributed by atoms with Gasteiger partial charge in [-0.1, -0.05) is 38.1 Å². The van der Waals surface area contributed by atoms with Gasteiger partial charge in [0.25, 0.3) is 0 Å². The summed E-state index contributed by atoms with van der Waals surface area (Å²) in [4.78, 5) is 4.42. The summed E-state index contributed by atoms with van der Waals surface area (Å²) >= 11 is 0. The highest BCUT2D eigenvalue weighted by molar-refractivity contribution is 5.55. The van der Waals surface area contributed by atoms with Crippen molar-refractivity contribution in [3.63, 3.8) is 0 Å². The third-order valence-corrected chi connectivity index (χ3v) is 2.89. The summed E-state index contributed by atoms with van der Waals surface area (Å²) in [5, 5.41) is 4.37. The Hall–Kier alpha value is -1.68. The van der Waals surface area contributed by atoms with Crippen molar-refractivity contribution >= 4 is 0 Å². The number of aryl methyl sites for hydroxylation is 1. The predicted octanol–water partition coefficient (Wildman–Crippen LogP) is 2.14. The van der Waals surface area contributed by atoms with Crippen LogP contribution in [0.5, 0.6) is 0 Å². The van der Waals surface area contributed by atoms with E-state index in [0.717, 1.165) is 23.6 Å². The molecule has 2 aromatic rings. The minimum Gasteiger partial charge on any atom is -0.324 e. The molecule has 2 N–H and O–H groups in total. The normalized spacial score (nSPS) is 11.2. The Bertz CT molecular complexity index is 511. The summed E-state index contributed by atoms with van der Waals surface area (Å²) in [5.74, 6) is 2.22. The summed E-state index contributed by atoms with van der Waals surface area (Å²) in [7, 11) is 1.87. The number of nitrogens with zero attached hydrogens (tertiary/aromatic N) is 3. The molecule has 1 heterocycles. The Labute approximate surface area is 108 Å². The monoisotopic (exact) mass is 244 g/mol. The number of aromatic nitrogens is 3. The third kappa shape index (κ3) is 2.76. The molecule has 96 valence electrons. The third-order valence-electron chi connectivity index (χ3n) is 2.89. The molecule has 0 unspecified atom stereocenters. The SMILES string of the molecule is CC(C)Cc1ccc(-c2nc(CN)n(C)n2)cc1. The summed E-state index contributed by atoms with van der Waals surface area (Å²) < 4.78 is 1.73. The second-order valence-corrected chi connectivity index (χ2v) is 4.97. The number of hydrogen-bond acceptors (Lipinski definition) is 3. The van der Waals surface area contributed by atoms with Crippen LogP contribution >= 0.6 is 0 Å². The van der Waals surface area contributed by atoms with Crippen LogP contribution in [-0.2, 0) is 20.0 Å². The molecule has 0 radical (unpaired) electrons. The largest absolute Gasteiger partial charge is 0.324 e. The average molecular weight is 244 g/mol. The lowest BCUT2D eigenvalue weighted by Crippen LogP contribution is -2.05. The molecule has 0 aliphatic carbocycles. The molecular formula is C14H20N4. The summed E-state index contributed by atoms with van der Waals surface area (Å²) in [6.45, 7) is 4.86. The van der Waals surface area contributed by atoms with Crippen molar-refractivity contribution in [2.45, 2.75) is 26.8 Å². The van der Waals surface area contributed by atoms with Crippen LogP contribution in [0.2, 0.25) is 0 Å². The van der Waals surface area contributed by atoms with Gasteiger partial charge in [-0.15, -0.1) is 0 Å². The minimum absolute atomic E-state index is 0.412. The Morgan fingerprint density at radius 2 is 1.89 bits per heavy atom. The molecule has 2 rings (SSSR count). The van der Waals surface area contributed by atoms with Crippen molar-refractivity contribution in [2.24, 2.45) is 18.7 Å². The van der Waals surface area contributed by atoms with Crippen molar-refractivity contribution in [1.82, 2.24) is 14.8 Å². The van der Waals surface area contributed by atoms with Gasteiger partial charge in [-0.05, 0) is 17.9 Å². The van der Waals surface area contributed by atoms with Crippen molar-refractivity contribution in [3.8, 4) is 11.4 Å². The zero-order valence-corrected chi connectivity index (χ0v) is 11.2. The van der Waals surface area contributed by atoms with Gasteiger partial charge in [0.2, 0.25) is 0 Å². The van der Waals surface area contributed by atoms with Crippen LogP contribution in [0.4, 0.5) is 0 Å². The molecule has 1 aromatic heterocycles. The van der Waals surface area contributed by atoms with Crippen LogP contribution in [0.25, 0.3) is 11.4 Å². The topological polar surface area (TPSA) is 56.7 Å². The Morgan fingerprint density at radius 1 is 1.22 bits per heavy atom. The number of hydrogen-bond donors (Lipinski definition) is 1. The van der Waals surface area contributed by atoms with E-state index in [-0.39, 0.29) is 0 Å². The molecule has 0 saturated heterocycles. The van der Waals surface area contributed by atoms with Crippen LogP contribution in [0.3, 0.4) is 0 Å². The summed E-state index contributed by atoms with van der Waals surface area (Å²) in [6, 6.07) is 8.45. The maximum Gasteiger partial charge on any atom is 0.181 e. The Morgan fingerprint density at radius 3 is 2.39 bits per heavy atom. The van der Waals surface area contributed by atoms with Gasteiger partial charge in [0.1, 0.15) is 5.82 Å². The minimum atomic E-state index is 0.412. The van der Waals surface area contributed by atoms with E-state index in [1.54, 1.807) is 4.68 Å². The van der Waals surface area contributed by atoms with Crippen molar-refractivity contribution < 1.29 is 0 Å². The molecule has 0 atom stereocenters. The van der Waals surface area contributed by atoms with Crippen molar-refractivity contribution in [3.05, 3.63) is 35.7 Å². The lowest BCUT2D eigenvalue weighted by molar-refractivity contribution is 0.647. The van der Waals surface area contributed by atoms with Gasteiger partial charge in [0.05, 0.1) is 6.54 Å². The van der Waals surface area contributed by atoms with Crippen LogP contribution < -0.4 is 5.73 Å². The van der Waals surface area contributed by atoms with Gasteiger partial charge in [-0.25, -0.2) is 4.98 Å². The van der Waals surface area contributed by atoms with E-state index in [4.69, 9.17) is 5.73 Å². The summed E-state index contributed by atoms with van der Waals surface area (Å²) in [6.07, 6.45) is 1.10. The van der Waals surface area contributed by atoms with E-state index in [9.17, 15) is 0 Å². The van der Waals surface area contributed by atoms with Crippen LogP contribution in [-0.4, -0.2) is 14.8 Å². The lowest BCUT2D eigenvalue weighted by atomic mass is 10.0. The average Bonchev–Trinajstić information content (AvgIpc) is 2.71. The van der Waals surface area contributed by atoms with E-state index < -0.39 is 0 Å². The fraction of sp³-hybridized carbons (Fsp3) is 0.429. The number of rotatable bonds is 4. The molecular weight excluding hydrogens is 224 g/mol. The maximum atomic E-state index is 5.60. The van der Waals surface area contributed by atoms with Gasteiger partial charge in [-0.2, -0.15) is 5.10 Å². The fourth-order valence-electron chi connectivity index (χ4n) is 1.98. The molecule has 0 spiro atoms. The van der Waals surface area contributed by atoms with Crippen LogP contribution in [0.15, 0.2) is 24.3 Å². The molecule has 18 heavy (non-hydrogen) atoms. The van der Waals surface area contributed by atoms with E-state index in [1.165, 1.54) is 5.56 Å². The first kappa shape index (κ1) is 12.8. The second kappa shape index (κ2) is 5.31. The number of benzene rings is 1. The molecule has 4 nitrogen and oxygen atoms in total. The standard InChI is InChI=1S/C14H20N4/c1-10(2)8-11-4-6-12(7-5-11)14-16-13(9-15)18(3)17-14/h4-7,10H,8-9,15H2,1-3H3. The van der Waals surface area contributed by atoms with Gasteiger partial charge < -0.3 is 5.73 Å². The highest BCUT2D eigenvalue weighted by Gasteiger charge is 2.08.